The van der Waals surface area contributed by atoms with Crippen molar-refractivity contribution in [1.82, 2.24) is 0 Å². The zero-order chi connectivity index (χ0) is 36.1. The summed E-state index contributed by atoms with van der Waals surface area (Å²) in [5.74, 6) is 1.25. The highest BCUT2D eigenvalue weighted by atomic mass is 35.5. The highest BCUT2D eigenvalue weighted by Crippen LogP contribution is 2.36. The van der Waals surface area contributed by atoms with Crippen molar-refractivity contribution in [2.75, 3.05) is 13.7 Å². The van der Waals surface area contributed by atoms with Crippen molar-refractivity contribution in [2.24, 2.45) is 17.6 Å². The van der Waals surface area contributed by atoms with Crippen LogP contribution in [0.4, 0.5) is 0 Å². The summed E-state index contributed by atoms with van der Waals surface area (Å²) >= 11 is 12.7. The number of aldehydes is 1. The van der Waals surface area contributed by atoms with Crippen LogP contribution in [0.15, 0.2) is 48.0 Å². The molecule has 0 aliphatic heterocycles. The van der Waals surface area contributed by atoms with Crippen LogP contribution in [-0.2, 0) is 14.3 Å². The molecule has 0 heterocycles. The number of ether oxygens (including phenoxy) is 1. The van der Waals surface area contributed by atoms with E-state index in [1.807, 2.05) is 39.0 Å². The van der Waals surface area contributed by atoms with E-state index in [1.54, 1.807) is 18.2 Å². The van der Waals surface area contributed by atoms with Crippen LogP contribution in [0.25, 0.3) is 11.3 Å². The Morgan fingerprint density at radius 3 is 2.09 bits per heavy atom. The fraction of sp³-hybridized carbons (Fsp3) is 0.550. The SMILES string of the molecule is C/C=C(/C=O)c1ccc(C)cc1C(C)C.CC.CCCC(CCC(C)CC)OC/C(C(=O)C1CC1)=C(/N)c1c(Cl)cccc1Cl.CO. The van der Waals surface area contributed by atoms with Gasteiger partial charge in [0.1, 0.15) is 6.29 Å². The van der Waals surface area contributed by atoms with Gasteiger partial charge < -0.3 is 15.6 Å². The first-order valence-electron chi connectivity index (χ1n) is 17.2. The Morgan fingerprint density at radius 1 is 1.02 bits per heavy atom. The molecule has 1 aliphatic rings. The van der Waals surface area contributed by atoms with Crippen molar-refractivity contribution >= 4 is 46.5 Å². The van der Waals surface area contributed by atoms with Gasteiger partial charge in [0, 0.05) is 29.7 Å². The lowest BCUT2D eigenvalue weighted by Gasteiger charge is -2.21. The number of allylic oxidation sites excluding steroid dienone is 2. The van der Waals surface area contributed by atoms with Gasteiger partial charge in [-0.25, -0.2) is 0 Å². The van der Waals surface area contributed by atoms with Crippen molar-refractivity contribution in [3.8, 4) is 0 Å². The largest absolute Gasteiger partial charge is 0.400 e. The van der Waals surface area contributed by atoms with E-state index < -0.39 is 0 Å². The topological polar surface area (TPSA) is 89.6 Å². The third kappa shape index (κ3) is 15.1. The summed E-state index contributed by atoms with van der Waals surface area (Å²) in [7, 11) is 1.00. The van der Waals surface area contributed by atoms with E-state index in [1.165, 1.54) is 17.5 Å². The van der Waals surface area contributed by atoms with Gasteiger partial charge in [0.25, 0.3) is 0 Å². The third-order valence-corrected chi connectivity index (χ3v) is 8.76. The number of ketones is 1. The molecule has 5 nitrogen and oxygen atoms in total. The second-order valence-electron chi connectivity index (χ2n) is 12.0. The van der Waals surface area contributed by atoms with Crippen molar-refractivity contribution in [3.63, 3.8) is 0 Å². The van der Waals surface area contributed by atoms with E-state index in [4.69, 9.17) is 38.8 Å². The van der Waals surface area contributed by atoms with Gasteiger partial charge in [0.05, 0.1) is 28.5 Å². The van der Waals surface area contributed by atoms with Crippen molar-refractivity contribution in [3.05, 3.63) is 80.3 Å². The Hall–Kier alpha value is -2.44. The summed E-state index contributed by atoms with van der Waals surface area (Å²) in [6, 6.07) is 11.5. The maximum Gasteiger partial charge on any atom is 0.166 e. The second-order valence-corrected chi connectivity index (χ2v) is 12.9. The zero-order valence-corrected chi connectivity index (χ0v) is 32.1. The number of hydrogen-bond donors (Lipinski definition) is 2. The molecule has 2 atom stereocenters. The molecule has 2 unspecified atom stereocenters. The van der Waals surface area contributed by atoms with E-state index in [0.29, 0.717) is 38.7 Å². The fourth-order valence-electron chi connectivity index (χ4n) is 5.00. The predicted octanol–water partition coefficient (Wildman–Crippen LogP) is 11.0. The first kappa shape index (κ1) is 44.6. The summed E-state index contributed by atoms with van der Waals surface area (Å²) in [6.45, 7) is 19.1. The van der Waals surface area contributed by atoms with E-state index >= 15 is 0 Å². The van der Waals surface area contributed by atoms with Gasteiger partial charge in [-0.15, -0.1) is 0 Å². The fourth-order valence-corrected chi connectivity index (χ4v) is 5.60. The first-order chi connectivity index (χ1) is 22.5. The molecule has 0 bridgehead atoms. The molecule has 1 aliphatic carbocycles. The number of hydrogen-bond acceptors (Lipinski definition) is 5. The predicted molar refractivity (Wildman–Crippen MR) is 203 cm³/mol. The van der Waals surface area contributed by atoms with Crippen LogP contribution in [-0.4, -0.2) is 37.0 Å². The number of aryl methyl sites for hydroxylation is 1. The standard InChI is InChI=1S/C23H33Cl2NO2.C14H18O.C2H6.CH4O/c1-4-7-17(13-10-15(3)5-2)28-14-18(23(27)16-11-12-16)22(26)21-19(24)8-6-9-20(21)25;1-5-12(9-15)13-7-6-11(4)8-14(13)10(2)3;2*1-2/h6,8-9,15-17H,4-5,7,10-14,26H2,1-3H3;5-10H,1-4H3;1-2H3;2H,1H3/b22-18-;12-5-;;. The lowest BCUT2D eigenvalue weighted by molar-refractivity contribution is -0.117. The van der Waals surface area contributed by atoms with E-state index in [9.17, 15) is 9.59 Å². The minimum absolute atomic E-state index is 0.0585. The number of nitrogens with two attached hydrogens (primary N) is 1. The van der Waals surface area contributed by atoms with Gasteiger partial charge in [0.2, 0.25) is 0 Å². The number of halogens is 2. The summed E-state index contributed by atoms with van der Waals surface area (Å²) in [6.07, 6.45) is 10.1. The van der Waals surface area contributed by atoms with Gasteiger partial charge in [-0.05, 0) is 81.0 Å². The molecule has 264 valence electrons. The Kier molecular flexibility index (Phi) is 23.4. The number of benzene rings is 2. The van der Waals surface area contributed by atoms with Gasteiger partial charge in [-0.2, -0.15) is 0 Å². The van der Waals surface area contributed by atoms with Crippen molar-refractivity contribution in [1.29, 1.82) is 0 Å². The molecule has 0 aromatic heterocycles. The molecule has 0 saturated heterocycles. The van der Waals surface area contributed by atoms with Crippen molar-refractivity contribution in [2.45, 2.75) is 119 Å². The molecule has 0 spiro atoms. The number of Topliss-reactive ketones (excluding diaryl/α,β-unsaturated/α-hetero) is 1. The van der Waals surface area contributed by atoms with Gasteiger partial charge in [0.15, 0.2) is 5.78 Å². The highest BCUT2D eigenvalue weighted by molar-refractivity contribution is 6.37. The zero-order valence-electron chi connectivity index (χ0n) is 30.6. The van der Waals surface area contributed by atoms with Crippen LogP contribution in [0.1, 0.15) is 129 Å². The molecule has 3 rings (SSSR count). The molecule has 7 heteroatoms. The summed E-state index contributed by atoms with van der Waals surface area (Å²) in [5.41, 5.74) is 12.1. The molecule has 3 N–H and O–H groups in total. The molecule has 1 saturated carbocycles. The van der Waals surface area contributed by atoms with Gasteiger partial charge >= 0.3 is 0 Å². The molecule has 0 radical (unpaired) electrons. The van der Waals surface area contributed by atoms with Crippen molar-refractivity contribution < 1.29 is 19.4 Å². The molecule has 2 aromatic rings. The number of aliphatic hydroxyl groups is 1. The monoisotopic (exact) mass is 689 g/mol. The number of rotatable bonds is 15. The maximum absolute atomic E-state index is 12.9. The lowest BCUT2D eigenvalue weighted by Crippen LogP contribution is -2.22. The average molecular weight is 691 g/mol. The smallest absolute Gasteiger partial charge is 0.166 e. The van der Waals surface area contributed by atoms with Crippen LogP contribution >= 0.6 is 23.2 Å². The maximum atomic E-state index is 12.9. The second kappa shape index (κ2) is 24.7. The Balaban J connectivity index is 0.000000938. The van der Waals surface area contributed by atoms with Crippen LogP contribution in [0.5, 0.6) is 0 Å². The van der Waals surface area contributed by atoms with Crippen LogP contribution in [0, 0.1) is 18.8 Å². The Morgan fingerprint density at radius 2 is 1.62 bits per heavy atom. The summed E-state index contributed by atoms with van der Waals surface area (Å²) < 4.78 is 6.22. The average Bonchev–Trinajstić information content (AvgIpc) is 3.92. The molecule has 0 amide bonds. The Bertz CT molecular complexity index is 1260. The minimum Gasteiger partial charge on any atom is -0.400 e. The first-order valence-corrected chi connectivity index (χ1v) is 18.0. The van der Waals surface area contributed by atoms with E-state index in [2.05, 4.69) is 47.6 Å². The Labute approximate surface area is 296 Å². The molecule has 2 aromatic carbocycles. The summed E-state index contributed by atoms with van der Waals surface area (Å²) in [4.78, 5) is 23.8. The number of aliphatic hydroxyl groups excluding tert-OH is 1. The van der Waals surface area contributed by atoms with E-state index in [0.717, 1.165) is 63.1 Å². The highest BCUT2D eigenvalue weighted by Gasteiger charge is 2.34. The third-order valence-electron chi connectivity index (χ3n) is 8.13. The molecule has 1 fully saturated rings. The quantitative estimate of drug-likeness (QED) is 0.143. The molecular formula is C40H61Cl2NO4. The minimum atomic E-state index is 0.0585. The van der Waals surface area contributed by atoms with E-state index in [-0.39, 0.29) is 24.4 Å². The number of carbonyl (C=O) groups excluding carboxylic acids is 2. The van der Waals surface area contributed by atoms with Crippen LogP contribution in [0.3, 0.4) is 0 Å². The van der Waals surface area contributed by atoms with Gasteiger partial charge in [-0.3, -0.25) is 9.59 Å². The molecular weight excluding hydrogens is 629 g/mol. The molecule has 47 heavy (non-hydrogen) atoms. The normalized spacial score (nSPS) is 14.3. The lowest BCUT2D eigenvalue weighted by atomic mass is 9.91. The van der Waals surface area contributed by atoms with Crippen LogP contribution in [0.2, 0.25) is 10.0 Å². The number of carbonyl (C=O) groups is 2. The summed E-state index contributed by atoms with van der Waals surface area (Å²) in [5, 5.41) is 7.90. The van der Waals surface area contributed by atoms with Gasteiger partial charge in [-0.1, -0.05) is 120 Å². The van der Waals surface area contributed by atoms with Crippen LogP contribution < -0.4 is 5.73 Å².